The van der Waals surface area contributed by atoms with Crippen LogP contribution in [0.1, 0.15) is 19.7 Å². The third-order valence-electron chi connectivity index (χ3n) is 2.78. The predicted octanol–water partition coefficient (Wildman–Crippen LogP) is 0.703. The van der Waals surface area contributed by atoms with E-state index >= 15 is 0 Å². The van der Waals surface area contributed by atoms with Crippen LogP contribution in [0.4, 0.5) is 0 Å². The summed E-state index contributed by atoms with van der Waals surface area (Å²) in [5, 5.41) is 7.57. The van der Waals surface area contributed by atoms with E-state index < -0.39 is 0 Å². The highest BCUT2D eigenvalue weighted by molar-refractivity contribution is 4.83. The van der Waals surface area contributed by atoms with Gasteiger partial charge in [0.25, 0.3) is 0 Å². The van der Waals surface area contributed by atoms with Crippen LogP contribution < -0.4 is 5.32 Å². The van der Waals surface area contributed by atoms with Gasteiger partial charge in [-0.15, -0.1) is 0 Å². The van der Waals surface area contributed by atoms with Crippen LogP contribution in [-0.2, 0) is 27.3 Å². The zero-order chi connectivity index (χ0) is 15.3. The maximum atomic E-state index is 5.51. The van der Waals surface area contributed by atoms with Crippen molar-refractivity contribution in [2.45, 2.75) is 26.9 Å². The molecule has 0 spiro atoms. The van der Waals surface area contributed by atoms with E-state index in [4.69, 9.17) is 14.2 Å². The average molecular weight is 300 g/mol. The molecule has 0 saturated heterocycles. The average Bonchev–Trinajstić information content (AvgIpc) is 2.89. The van der Waals surface area contributed by atoms with E-state index in [1.54, 1.807) is 13.4 Å². The van der Waals surface area contributed by atoms with E-state index in [1.165, 1.54) is 0 Å². The molecule has 1 aromatic heterocycles. The zero-order valence-electron chi connectivity index (χ0n) is 13.4. The largest absolute Gasteiger partial charge is 0.382 e. The molecule has 0 amide bonds. The summed E-state index contributed by atoms with van der Waals surface area (Å²) in [4.78, 5) is 4.26. The Hall–Kier alpha value is -1.02. The number of rotatable bonds is 13. The maximum Gasteiger partial charge on any atom is 0.140 e. The monoisotopic (exact) mass is 300 g/mol. The van der Waals surface area contributed by atoms with Crippen LogP contribution in [0.5, 0.6) is 0 Å². The molecular formula is C14H28N4O3. The molecule has 0 aliphatic rings. The smallest absolute Gasteiger partial charge is 0.140 e. The van der Waals surface area contributed by atoms with Gasteiger partial charge in [-0.1, -0.05) is 13.8 Å². The molecular weight excluding hydrogens is 272 g/mol. The normalized spacial score (nSPS) is 11.4. The third-order valence-corrected chi connectivity index (χ3v) is 2.78. The molecule has 1 N–H and O–H groups in total. The summed E-state index contributed by atoms with van der Waals surface area (Å²) in [6.45, 7) is 9.77. The van der Waals surface area contributed by atoms with Gasteiger partial charge in [0.15, 0.2) is 0 Å². The van der Waals surface area contributed by atoms with Crippen molar-refractivity contribution in [2.24, 2.45) is 5.92 Å². The highest BCUT2D eigenvalue weighted by Crippen LogP contribution is 1.95. The number of ether oxygens (including phenoxy) is 3. The quantitative estimate of drug-likeness (QED) is 0.541. The zero-order valence-corrected chi connectivity index (χ0v) is 13.4. The molecule has 1 rings (SSSR count). The summed E-state index contributed by atoms with van der Waals surface area (Å²) in [6, 6.07) is 0. The number of methoxy groups -OCH3 is 1. The molecule has 1 heterocycles. The minimum absolute atomic E-state index is 0.583. The Labute approximate surface area is 127 Å². The summed E-state index contributed by atoms with van der Waals surface area (Å²) >= 11 is 0. The number of nitrogens with zero attached hydrogens (tertiary/aromatic N) is 3. The van der Waals surface area contributed by atoms with Crippen molar-refractivity contribution in [1.29, 1.82) is 0 Å². The lowest BCUT2D eigenvalue weighted by Crippen LogP contribution is -2.22. The van der Waals surface area contributed by atoms with Gasteiger partial charge in [-0.3, -0.25) is 0 Å². The van der Waals surface area contributed by atoms with Gasteiger partial charge in [-0.05, 0) is 12.5 Å². The lowest BCUT2D eigenvalue weighted by Gasteiger charge is -2.09. The van der Waals surface area contributed by atoms with Crippen molar-refractivity contribution in [1.82, 2.24) is 20.1 Å². The summed E-state index contributed by atoms with van der Waals surface area (Å²) in [7, 11) is 1.66. The van der Waals surface area contributed by atoms with E-state index in [-0.39, 0.29) is 0 Å². The van der Waals surface area contributed by atoms with Crippen LogP contribution >= 0.6 is 0 Å². The summed E-state index contributed by atoms with van der Waals surface area (Å²) < 4.78 is 17.6. The van der Waals surface area contributed by atoms with Gasteiger partial charge in [-0.25, -0.2) is 9.67 Å². The number of nitrogens with one attached hydrogen (secondary N) is 1. The fraction of sp³-hybridized carbons (Fsp3) is 0.857. The van der Waals surface area contributed by atoms with Crippen molar-refractivity contribution in [3.8, 4) is 0 Å². The first-order chi connectivity index (χ1) is 10.2. The molecule has 0 aliphatic heterocycles. The summed E-state index contributed by atoms with van der Waals surface area (Å²) in [5.74, 6) is 1.57. The minimum Gasteiger partial charge on any atom is -0.382 e. The highest BCUT2D eigenvalue weighted by Gasteiger charge is 2.04. The van der Waals surface area contributed by atoms with E-state index in [0.717, 1.165) is 18.9 Å². The molecule has 0 radical (unpaired) electrons. The van der Waals surface area contributed by atoms with Crippen LogP contribution in [0.15, 0.2) is 6.33 Å². The molecule has 0 aromatic carbocycles. The van der Waals surface area contributed by atoms with E-state index in [1.807, 2.05) is 4.68 Å². The van der Waals surface area contributed by atoms with Gasteiger partial charge in [0.1, 0.15) is 12.2 Å². The molecule has 122 valence electrons. The first kappa shape index (κ1) is 18.0. The first-order valence-corrected chi connectivity index (χ1v) is 7.46. The highest BCUT2D eigenvalue weighted by atomic mass is 16.5. The lowest BCUT2D eigenvalue weighted by atomic mass is 10.2. The Kier molecular flexibility index (Phi) is 9.98. The van der Waals surface area contributed by atoms with Crippen LogP contribution in [-0.4, -0.2) is 61.5 Å². The second-order valence-electron chi connectivity index (χ2n) is 5.14. The third kappa shape index (κ3) is 8.77. The second-order valence-corrected chi connectivity index (χ2v) is 5.14. The lowest BCUT2D eigenvalue weighted by molar-refractivity contribution is 0.0224. The maximum absolute atomic E-state index is 5.51. The Morgan fingerprint density at radius 1 is 1.14 bits per heavy atom. The van der Waals surface area contributed by atoms with Crippen LogP contribution in [0.25, 0.3) is 0 Å². The van der Waals surface area contributed by atoms with E-state index in [2.05, 4.69) is 29.2 Å². The topological polar surface area (TPSA) is 70.4 Å². The van der Waals surface area contributed by atoms with Gasteiger partial charge < -0.3 is 19.5 Å². The molecule has 0 atom stereocenters. The Morgan fingerprint density at radius 3 is 2.57 bits per heavy atom. The van der Waals surface area contributed by atoms with Crippen molar-refractivity contribution < 1.29 is 14.2 Å². The second kappa shape index (κ2) is 11.6. The molecule has 0 aliphatic carbocycles. The number of aromatic nitrogens is 3. The van der Waals surface area contributed by atoms with Crippen molar-refractivity contribution >= 4 is 0 Å². The standard InChI is InChI=1S/C14H28N4O3/c1-13(2)10-15-11-14-16-12-17-18(14)4-5-20-8-9-21-7-6-19-3/h12-13,15H,4-11H2,1-3H3. The van der Waals surface area contributed by atoms with Crippen LogP contribution in [0, 0.1) is 5.92 Å². The fourth-order valence-corrected chi connectivity index (χ4v) is 1.70. The van der Waals surface area contributed by atoms with Crippen molar-refractivity contribution in [2.75, 3.05) is 46.7 Å². The van der Waals surface area contributed by atoms with Gasteiger partial charge in [0.05, 0.1) is 46.1 Å². The molecule has 21 heavy (non-hydrogen) atoms. The van der Waals surface area contributed by atoms with E-state index in [9.17, 15) is 0 Å². The SMILES string of the molecule is COCCOCCOCCn1ncnc1CNCC(C)C. The predicted molar refractivity (Wildman–Crippen MR) is 80.1 cm³/mol. The Balaban J connectivity index is 2.08. The van der Waals surface area contributed by atoms with Gasteiger partial charge in [0, 0.05) is 7.11 Å². The molecule has 7 heteroatoms. The Morgan fingerprint density at radius 2 is 1.86 bits per heavy atom. The van der Waals surface area contributed by atoms with E-state index in [0.29, 0.717) is 45.5 Å². The summed E-state index contributed by atoms with van der Waals surface area (Å²) in [6.07, 6.45) is 1.58. The Bertz CT molecular complexity index is 358. The molecule has 7 nitrogen and oxygen atoms in total. The van der Waals surface area contributed by atoms with Crippen LogP contribution in [0.2, 0.25) is 0 Å². The molecule has 1 aromatic rings. The fourth-order valence-electron chi connectivity index (χ4n) is 1.70. The minimum atomic E-state index is 0.583. The van der Waals surface area contributed by atoms with Crippen molar-refractivity contribution in [3.63, 3.8) is 0 Å². The van der Waals surface area contributed by atoms with Gasteiger partial charge >= 0.3 is 0 Å². The summed E-state index contributed by atoms with van der Waals surface area (Å²) in [5.41, 5.74) is 0. The van der Waals surface area contributed by atoms with Gasteiger partial charge in [-0.2, -0.15) is 5.10 Å². The van der Waals surface area contributed by atoms with Gasteiger partial charge in [0.2, 0.25) is 0 Å². The molecule has 0 bridgehead atoms. The molecule has 0 fully saturated rings. The first-order valence-electron chi connectivity index (χ1n) is 7.46. The van der Waals surface area contributed by atoms with Crippen LogP contribution in [0.3, 0.4) is 0 Å². The molecule has 0 unspecified atom stereocenters. The van der Waals surface area contributed by atoms with Crippen molar-refractivity contribution in [3.05, 3.63) is 12.2 Å². The number of hydrogen-bond donors (Lipinski definition) is 1. The number of hydrogen-bond acceptors (Lipinski definition) is 6. The molecule has 0 saturated carbocycles.